The zero-order chi connectivity index (χ0) is 19.7. The molecule has 0 radical (unpaired) electrons. The molecule has 138 valence electrons. The van der Waals surface area contributed by atoms with Crippen LogP contribution < -0.4 is 10.2 Å². The fourth-order valence-electron chi connectivity index (χ4n) is 3.31. The number of anilines is 2. The van der Waals surface area contributed by atoms with E-state index in [0.717, 1.165) is 5.56 Å². The number of nitrogens with one attached hydrogen (secondary N) is 1. The molecule has 1 N–H and O–H groups in total. The second kappa shape index (κ2) is 7.15. The summed E-state index contributed by atoms with van der Waals surface area (Å²) in [5, 5.41) is 2.75. The van der Waals surface area contributed by atoms with Gasteiger partial charge in [0, 0.05) is 11.3 Å². The number of benzene rings is 2. The minimum atomic E-state index is -0.829. The molecule has 27 heavy (non-hydrogen) atoms. The number of amides is 2. The van der Waals surface area contributed by atoms with Crippen LogP contribution in [-0.4, -0.2) is 29.4 Å². The number of hydrogen-bond donors (Lipinski definition) is 1. The number of hydrogen-bond acceptors (Lipinski definition) is 4. The molecule has 1 aliphatic rings. The normalized spacial score (nSPS) is 14.1. The molecule has 1 atom stereocenters. The lowest BCUT2D eigenvalue weighted by atomic mass is 10.1. The molecule has 6 heteroatoms. The molecule has 2 aromatic carbocycles. The monoisotopic (exact) mass is 364 g/mol. The van der Waals surface area contributed by atoms with Gasteiger partial charge in [-0.3, -0.25) is 24.1 Å². The van der Waals surface area contributed by atoms with Crippen molar-refractivity contribution in [2.75, 3.05) is 10.2 Å². The topological polar surface area (TPSA) is 83.6 Å². The van der Waals surface area contributed by atoms with Gasteiger partial charge in [-0.25, -0.2) is 0 Å². The van der Waals surface area contributed by atoms with Crippen molar-refractivity contribution < 1.29 is 19.2 Å². The van der Waals surface area contributed by atoms with Crippen LogP contribution in [0, 0.1) is 6.92 Å². The summed E-state index contributed by atoms with van der Waals surface area (Å²) in [6.07, 6.45) is 0.338. The van der Waals surface area contributed by atoms with E-state index in [1.807, 2.05) is 0 Å². The fraction of sp³-hybridized carbons (Fsp3) is 0.238. The van der Waals surface area contributed by atoms with Gasteiger partial charge in [0.25, 0.3) is 11.7 Å². The van der Waals surface area contributed by atoms with E-state index < -0.39 is 23.6 Å². The van der Waals surface area contributed by atoms with Crippen LogP contribution >= 0.6 is 0 Å². The van der Waals surface area contributed by atoms with Gasteiger partial charge in [0.1, 0.15) is 6.04 Å². The minimum absolute atomic E-state index is 0.108. The maximum atomic E-state index is 12.9. The quantitative estimate of drug-likeness (QED) is 0.652. The van der Waals surface area contributed by atoms with E-state index in [-0.39, 0.29) is 5.78 Å². The lowest BCUT2D eigenvalue weighted by Gasteiger charge is -2.27. The Hall–Kier alpha value is -3.28. The molecular formula is C21H20N2O4. The van der Waals surface area contributed by atoms with E-state index in [9.17, 15) is 19.2 Å². The molecule has 0 bridgehead atoms. The Bertz CT molecular complexity index is 964. The van der Waals surface area contributed by atoms with Crippen molar-refractivity contribution in [1.29, 1.82) is 0 Å². The third kappa shape index (κ3) is 3.26. The Morgan fingerprint density at radius 1 is 1.11 bits per heavy atom. The van der Waals surface area contributed by atoms with Gasteiger partial charge >= 0.3 is 0 Å². The third-order valence-corrected chi connectivity index (χ3v) is 4.67. The molecule has 0 fully saturated rings. The number of carbonyl (C=O) groups is 4. The fourth-order valence-corrected chi connectivity index (χ4v) is 3.31. The van der Waals surface area contributed by atoms with Crippen LogP contribution in [0.25, 0.3) is 0 Å². The molecule has 2 amide bonds. The van der Waals surface area contributed by atoms with Gasteiger partial charge in [0.15, 0.2) is 5.78 Å². The van der Waals surface area contributed by atoms with Crippen LogP contribution in [0.15, 0.2) is 42.5 Å². The highest BCUT2D eigenvalue weighted by atomic mass is 16.2. The molecule has 0 spiro atoms. The summed E-state index contributed by atoms with van der Waals surface area (Å²) in [6.45, 7) is 5.03. The molecule has 0 saturated carbocycles. The molecule has 0 aliphatic carbocycles. The molecule has 1 unspecified atom stereocenters. The van der Waals surface area contributed by atoms with Crippen LogP contribution in [-0.2, 0) is 9.59 Å². The number of nitrogens with zero attached hydrogens (tertiary/aromatic N) is 1. The zero-order valence-electron chi connectivity index (χ0n) is 15.4. The maximum Gasteiger partial charge on any atom is 0.300 e. The van der Waals surface area contributed by atoms with Crippen molar-refractivity contribution in [2.24, 2.45) is 0 Å². The highest BCUT2D eigenvalue weighted by Crippen LogP contribution is 2.34. The summed E-state index contributed by atoms with van der Waals surface area (Å²) < 4.78 is 0. The van der Waals surface area contributed by atoms with E-state index in [1.165, 1.54) is 11.8 Å². The summed E-state index contributed by atoms with van der Waals surface area (Å²) in [7, 11) is 0. The van der Waals surface area contributed by atoms with E-state index in [4.69, 9.17) is 0 Å². The van der Waals surface area contributed by atoms with E-state index in [2.05, 4.69) is 5.32 Å². The predicted molar refractivity (Wildman–Crippen MR) is 102 cm³/mol. The lowest BCUT2D eigenvalue weighted by molar-refractivity contribution is -0.121. The van der Waals surface area contributed by atoms with Crippen molar-refractivity contribution in [2.45, 2.75) is 33.2 Å². The number of rotatable bonds is 5. The first-order valence-corrected chi connectivity index (χ1v) is 8.74. The number of Topliss-reactive ketones (excluding diaryl/α,β-unsaturated/α-hetero) is 2. The second-order valence-corrected chi connectivity index (χ2v) is 6.53. The lowest BCUT2D eigenvalue weighted by Crippen LogP contribution is -2.46. The van der Waals surface area contributed by atoms with Crippen LogP contribution in [0.1, 0.15) is 46.5 Å². The summed E-state index contributed by atoms with van der Waals surface area (Å²) in [4.78, 5) is 50.6. The van der Waals surface area contributed by atoms with Crippen molar-refractivity contribution in [3.8, 4) is 0 Å². The number of aryl methyl sites for hydroxylation is 1. The maximum absolute atomic E-state index is 12.9. The van der Waals surface area contributed by atoms with Crippen LogP contribution in [0.3, 0.4) is 0 Å². The largest absolute Gasteiger partial charge is 0.324 e. The van der Waals surface area contributed by atoms with Gasteiger partial charge in [-0.15, -0.1) is 0 Å². The summed E-state index contributed by atoms with van der Waals surface area (Å²) in [5.74, 6) is -1.81. The molecule has 0 aromatic heterocycles. The number of para-hydroxylation sites is 1. The molecule has 6 nitrogen and oxygen atoms in total. The molecular weight excluding hydrogens is 344 g/mol. The Kier molecular flexibility index (Phi) is 4.90. The van der Waals surface area contributed by atoms with Gasteiger partial charge in [-0.2, -0.15) is 0 Å². The highest BCUT2D eigenvalue weighted by molar-refractivity contribution is 6.53. The molecule has 1 heterocycles. The first kappa shape index (κ1) is 18.5. The standard InChI is InChI=1S/C21H20N2O4/c1-4-17(20(26)22-15-9-6-8-14(11-15)13(3)24)23-18-12(2)7-5-10-16(18)19(25)21(23)27/h5-11,17H,4H2,1-3H3,(H,22,26). The number of ketones is 2. The van der Waals surface area contributed by atoms with Gasteiger partial charge in [-0.1, -0.05) is 31.2 Å². The van der Waals surface area contributed by atoms with Gasteiger partial charge in [0.2, 0.25) is 5.91 Å². The van der Waals surface area contributed by atoms with Crippen molar-refractivity contribution in [1.82, 2.24) is 0 Å². The van der Waals surface area contributed by atoms with Crippen LogP contribution in [0.5, 0.6) is 0 Å². The third-order valence-electron chi connectivity index (χ3n) is 4.67. The Morgan fingerprint density at radius 2 is 1.81 bits per heavy atom. The molecule has 2 aromatic rings. The second-order valence-electron chi connectivity index (χ2n) is 6.53. The SMILES string of the molecule is CCC(C(=O)Nc1cccc(C(C)=O)c1)N1C(=O)C(=O)c2cccc(C)c21. The average Bonchev–Trinajstić information content (AvgIpc) is 2.89. The number of carbonyl (C=O) groups excluding carboxylic acids is 4. The molecule has 3 rings (SSSR count). The summed E-state index contributed by atoms with van der Waals surface area (Å²) >= 11 is 0. The molecule has 0 saturated heterocycles. The predicted octanol–water partition coefficient (Wildman–Crippen LogP) is 3.14. The average molecular weight is 364 g/mol. The Morgan fingerprint density at radius 3 is 2.48 bits per heavy atom. The summed E-state index contributed by atoms with van der Waals surface area (Å²) in [5.41, 5.74) is 2.52. The van der Waals surface area contributed by atoms with Gasteiger partial charge in [-0.05, 0) is 44.0 Å². The van der Waals surface area contributed by atoms with E-state index in [0.29, 0.717) is 28.9 Å². The number of fused-ring (bicyclic) bond motifs is 1. The van der Waals surface area contributed by atoms with E-state index in [1.54, 1.807) is 56.3 Å². The molecule has 1 aliphatic heterocycles. The minimum Gasteiger partial charge on any atom is -0.324 e. The smallest absolute Gasteiger partial charge is 0.300 e. The van der Waals surface area contributed by atoms with Crippen molar-refractivity contribution in [3.05, 3.63) is 59.2 Å². The first-order chi connectivity index (χ1) is 12.8. The van der Waals surface area contributed by atoms with Gasteiger partial charge < -0.3 is 5.32 Å². The van der Waals surface area contributed by atoms with Crippen molar-refractivity contribution >= 4 is 34.8 Å². The summed E-state index contributed by atoms with van der Waals surface area (Å²) in [6, 6.07) is 10.9. The first-order valence-electron chi connectivity index (χ1n) is 8.74. The highest BCUT2D eigenvalue weighted by Gasteiger charge is 2.42. The van der Waals surface area contributed by atoms with Crippen molar-refractivity contribution in [3.63, 3.8) is 0 Å². The zero-order valence-corrected chi connectivity index (χ0v) is 15.4. The Labute approximate surface area is 157 Å². The van der Waals surface area contributed by atoms with Gasteiger partial charge in [0.05, 0.1) is 11.3 Å². The Balaban J connectivity index is 1.93. The van der Waals surface area contributed by atoms with Crippen LogP contribution in [0.2, 0.25) is 0 Å². The van der Waals surface area contributed by atoms with E-state index >= 15 is 0 Å². The van der Waals surface area contributed by atoms with Crippen LogP contribution in [0.4, 0.5) is 11.4 Å².